The van der Waals surface area contributed by atoms with E-state index in [2.05, 4.69) is 15.8 Å². The minimum atomic E-state index is -1.01. The van der Waals surface area contributed by atoms with Crippen molar-refractivity contribution in [3.05, 3.63) is 74.6 Å². The van der Waals surface area contributed by atoms with Crippen molar-refractivity contribution >= 4 is 57.4 Å². The van der Waals surface area contributed by atoms with Crippen LogP contribution < -0.4 is 20.2 Å². The molecule has 1 aliphatic rings. The van der Waals surface area contributed by atoms with Crippen molar-refractivity contribution in [1.82, 2.24) is 5.43 Å². The van der Waals surface area contributed by atoms with Gasteiger partial charge >= 0.3 is 23.8 Å². The summed E-state index contributed by atoms with van der Waals surface area (Å²) >= 11 is 7.18. The fraction of sp³-hybridized carbons (Fsp3) is 0.300. The first-order valence-electron chi connectivity index (χ1n) is 13.3. The van der Waals surface area contributed by atoms with E-state index in [-0.39, 0.29) is 18.1 Å². The lowest BCUT2D eigenvalue weighted by Crippen LogP contribution is -2.33. The minimum Gasteiger partial charge on any atom is -0.493 e. The van der Waals surface area contributed by atoms with E-state index in [9.17, 15) is 19.2 Å². The molecule has 1 aliphatic carbocycles. The molecule has 0 spiro atoms. The van der Waals surface area contributed by atoms with Crippen LogP contribution in [0.25, 0.3) is 0 Å². The first-order chi connectivity index (χ1) is 20.2. The lowest BCUT2D eigenvalue weighted by atomic mass is 10.1. The van der Waals surface area contributed by atoms with E-state index in [0.717, 1.165) is 36.1 Å². The number of amides is 2. The third-order valence-corrected chi connectivity index (χ3v) is 7.98. The van der Waals surface area contributed by atoms with E-state index in [0.29, 0.717) is 38.8 Å². The van der Waals surface area contributed by atoms with Crippen LogP contribution in [0.4, 0.5) is 5.00 Å². The predicted octanol–water partition coefficient (Wildman–Crippen LogP) is 5.55. The largest absolute Gasteiger partial charge is 0.493 e. The number of halogens is 1. The highest BCUT2D eigenvalue weighted by Gasteiger charge is 2.28. The summed E-state index contributed by atoms with van der Waals surface area (Å²) in [6, 6.07) is 11.0. The zero-order valence-electron chi connectivity index (χ0n) is 23.4. The molecule has 0 radical (unpaired) electrons. The summed E-state index contributed by atoms with van der Waals surface area (Å²) < 4.78 is 16.1. The molecule has 0 aliphatic heterocycles. The summed E-state index contributed by atoms with van der Waals surface area (Å²) in [5.41, 5.74) is 4.68. The Morgan fingerprint density at radius 2 is 1.64 bits per heavy atom. The standard InChI is InChI=1S/C30H30ClN3O7S/c1-4-40-30(38)25-21-8-6-5-7-9-24(21)42-28(25)32-26(35)27(36)34-33-17(2)19-12-15-22(23(16-19)39-3)41-29(37)18-10-13-20(31)14-11-18/h10-16H,4-9H2,1-3H3,(H,32,35)(H,34,36)/b33-17+. The Balaban J connectivity index is 1.44. The molecule has 3 aromatic rings. The Bertz CT molecular complexity index is 1530. The number of hydrazone groups is 1. The van der Waals surface area contributed by atoms with E-state index < -0.39 is 23.8 Å². The number of aryl methyl sites for hydroxylation is 1. The Morgan fingerprint density at radius 3 is 2.36 bits per heavy atom. The molecule has 0 saturated carbocycles. The molecule has 12 heteroatoms. The first kappa shape index (κ1) is 30.7. The van der Waals surface area contributed by atoms with Crippen molar-refractivity contribution in [3.63, 3.8) is 0 Å². The van der Waals surface area contributed by atoms with Gasteiger partial charge in [0.25, 0.3) is 0 Å². The molecule has 0 fully saturated rings. The number of fused-ring (bicyclic) bond motifs is 1. The number of ether oxygens (including phenoxy) is 3. The second-order valence-corrected chi connectivity index (χ2v) is 10.9. The first-order valence-corrected chi connectivity index (χ1v) is 14.5. The summed E-state index contributed by atoms with van der Waals surface area (Å²) in [6.45, 7) is 3.54. The number of carbonyl (C=O) groups is 4. The van der Waals surface area contributed by atoms with Gasteiger partial charge in [-0.3, -0.25) is 9.59 Å². The van der Waals surface area contributed by atoms with Gasteiger partial charge in [0.05, 0.1) is 30.6 Å². The van der Waals surface area contributed by atoms with Gasteiger partial charge in [0.2, 0.25) is 0 Å². The predicted molar refractivity (Wildman–Crippen MR) is 160 cm³/mol. The van der Waals surface area contributed by atoms with E-state index in [4.69, 9.17) is 25.8 Å². The Morgan fingerprint density at radius 1 is 0.929 bits per heavy atom. The fourth-order valence-corrected chi connectivity index (χ4v) is 5.78. The van der Waals surface area contributed by atoms with Gasteiger partial charge in [-0.25, -0.2) is 15.0 Å². The van der Waals surface area contributed by atoms with E-state index in [1.54, 1.807) is 50.2 Å². The Kier molecular flexibility index (Phi) is 10.3. The molecular formula is C30H30ClN3O7S. The number of benzene rings is 2. The van der Waals surface area contributed by atoms with Gasteiger partial charge in [-0.05, 0) is 87.6 Å². The number of rotatable bonds is 8. The number of nitrogens with zero attached hydrogens (tertiary/aromatic N) is 1. The molecule has 0 bridgehead atoms. The highest BCUT2D eigenvalue weighted by molar-refractivity contribution is 7.17. The molecule has 0 saturated heterocycles. The van der Waals surface area contributed by atoms with Crippen molar-refractivity contribution in [1.29, 1.82) is 0 Å². The van der Waals surface area contributed by atoms with Gasteiger partial charge in [0, 0.05) is 15.5 Å². The summed E-state index contributed by atoms with van der Waals surface area (Å²) in [5.74, 6) is -2.63. The zero-order valence-corrected chi connectivity index (χ0v) is 24.9. The fourth-order valence-electron chi connectivity index (χ4n) is 4.38. The van der Waals surface area contributed by atoms with Crippen LogP contribution in [0.2, 0.25) is 5.02 Å². The average Bonchev–Trinajstić information content (AvgIpc) is 3.15. The van der Waals surface area contributed by atoms with Crippen LogP contribution in [0.15, 0.2) is 47.6 Å². The van der Waals surface area contributed by atoms with Gasteiger partial charge in [0.1, 0.15) is 5.00 Å². The van der Waals surface area contributed by atoms with Crippen LogP contribution >= 0.6 is 22.9 Å². The van der Waals surface area contributed by atoms with Gasteiger partial charge in [-0.2, -0.15) is 5.10 Å². The maximum Gasteiger partial charge on any atom is 0.343 e. The van der Waals surface area contributed by atoms with Crippen molar-refractivity contribution in [2.75, 3.05) is 19.0 Å². The highest BCUT2D eigenvalue weighted by Crippen LogP contribution is 2.38. The van der Waals surface area contributed by atoms with E-state index >= 15 is 0 Å². The normalized spacial score (nSPS) is 12.9. The maximum absolute atomic E-state index is 12.7. The molecule has 0 atom stereocenters. The van der Waals surface area contributed by atoms with E-state index in [1.165, 1.54) is 24.5 Å². The molecule has 10 nitrogen and oxygen atoms in total. The Hall–Kier alpha value is -4.22. The quantitative estimate of drug-likeness (QED) is 0.0852. The van der Waals surface area contributed by atoms with Crippen molar-refractivity contribution in [3.8, 4) is 11.5 Å². The SMILES string of the molecule is CCOC(=O)c1c(NC(=O)C(=O)N/N=C(\C)c2ccc(OC(=O)c3ccc(Cl)cc3)c(OC)c2)sc2c1CCCCC2. The number of thiophene rings is 1. The molecule has 220 valence electrons. The molecule has 1 aromatic heterocycles. The Labute approximate surface area is 252 Å². The van der Waals surface area contributed by atoms with Gasteiger partial charge < -0.3 is 19.5 Å². The molecule has 42 heavy (non-hydrogen) atoms. The number of methoxy groups -OCH3 is 1. The summed E-state index contributed by atoms with van der Waals surface area (Å²) in [6.07, 6.45) is 4.52. The number of hydrogen-bond acceptors (Lipinski definition) is 9. The molecule has 2 aromatic carbocycles. The van der Waals surface area contributed by atoms with Crippen LogP contribution in [0.3, 0.4) is 0 Å². The van der Waals surface area contributed by atoms with Crippen molar-refractivity contribution in [2.24, 2.45) is 5.10 Å². The zero-order chi connectivity index (χ0) is 30.2. The minimum absolute atomic E-state index is 0.184. The second-order valence-electron chi connectivity index (χ2n) is 9.34. The number of hydrogen-bond donors (Lipinski definition) is 2. The lowest BCUT2D eigenvalue weighted by Gasteiger charge is -2.11. The monoisotopic (exact) mass is 611 g/mol. The topological polar surface area (TPSA) is 132 Å². The molecule has 2 N–H and O–H groups in total. The van der Waals surface area contributed by atoms with Crippen molar-refractivity contribution < 1.29 is 33.4 Å². The summed E-state index contributed by atoms with van der Waals surface area (Å²) in [7, 11) is 1.42. The smallest absolute Gasteiger partial charge is 0.343 e. The number of nitrogens with one attached hydrogen (secondary N) is 2. The van der Waals surface area contributed by atoms with Crippen LogP contribution in [-0.4, -0.2) is 43.2 Å². The summed E-state index contributed by atoms with van der Waals surface area (Å²) in [4.78, 5) is 51.6. The third-order valence-electron chi connectivity index (χ3n) is 6.52. The lowest BCUT2D eigenvalue weighted by molar-refractivity contribution is -0.136. The van der Waals surface area contributed by atoms with Gasteiger partial charge in [-0.15, -0.1) is 11.3 Å². The van der Waals surface area contributed by atoms with Crippen molar-refractivity contribution in [2.45, 2.75) is 46.0 Å². The van der Waals surface area contributed by atoms with Gasteiger partial charge in [-0.1, -0.05) is 18.0 Å². The number of esters is 2. The average molecular weight is 612 g/mol. The molecule has 2 amide bonds. The number of anilines is 1. The molecular weight excluding hydrogens is 582 g/mol. The number of carbonyl (C=O) groups excluding carboxylic acids is 4. The van der Waals surface area contributed by atoms with E-state index in [1.807, 2.05) is 0 Å². The van der Waals surface area contributed by atoms with Crippen LogP contribution in [0.1, 0.15) is 69.8 Å². The van der Waals surface area contributed by atoms with Crippen LogP contribution in [0, 0.1) is 0 Å². The third kappa shape index (κ3) is 7.34. The summed E-state index contributed by atoms with van der Waals surface area (Å²) in [5, 5.41) is 7.40. The highest BCUT2D eigenvalue weighted by atomic mass is 35.5. The van der Waals surface area contributed by atoms with Crippen LogP contribution in [-0.2, 0) is 27.2 Å². The van der Waals surface area contributed by atoms with Gasteiger partial charge in [0.15, 0.2) is 11.5 Å². The second kappa shape index (κ2) is 14.1. The maximum atomic E-state index is 12.7. The molecule has 0 unspecified atom stereocenters. The molecule has 1 heterocycles. The molecule has 4 rings (SSSR count). The van der Waals surface area contributed by atoms with Crippen LogP contribution in [0.5, 0.6) is 11.5 Å².